The lowest BCUT2D eigenvalue weighted by Crippen LogP contribution is -2.13. The molecule has 0 radical (unpaired) electrons. The van der Waals surface area contributed by atoms with E-state index in [0.717, 1.165) is 61.8 Å². The van der Waals surface area contributed by atoms with Gasteiger partial charge in [-0.15, -0.1) is 22.7 Å². The number of aromatic nitrogens is 5. The largest absolute Gasteiger partial charge is 0.508 e. The van der Waals surface area contributed by atoms with Gasteiger partial charge in [-0.25, -0.2) is 4.79 Å². The Morgan fingerprint density at radius 3 is 1.31 bits per heavy atom. The highest BCUT2D eigenvalue weighted by Crippen LogP contribution is 2.22. The van der Waals surface area contributed by atoms with Crippen molar-refractivity contribution in [1.82, 2.24) is 24.9 Å². The van der Waals surface area contributed by atoms with E-state index in [1.54, 1.807) is 72.9 Å². The van der Waals surface area contributed by atoms with Crippen molar-refractivity contribution in [2.45, 2.75) is 178 Å². The SMILES string of the molecule is CC.CC.CC(=O)Nc1ccccc1C.CC1CCCCC1.CCOC(=O)Nc1ccccc1C.Cc1ccc(C)nc1.Cc1ccc(N(C)C)cc1.Cc1cccc(C)c1.Cc1ccccc1.Cc1ccccc1O.Cc1ccccn1.Cc1ccco1.Cc1cccs1.Cc1cnccn1.Cc1nccs1. The number of para-hydroxylation sites is 3. The van der Waals surface area contributed by atoms with E-state index < -0.39 is 6.09 Å². The van der Waals surface area contributed by atoms with Crippen molar-refractivity contribution in [3.8, 4) is 5.75 Å². The maximum Gasteiger partial charge on any atom is 0.411 e. The number of phenols is 1. The number of hydrogen-bond donors (Lipinski definition) is 3. The molecule has 3 N–H and O–H groups in total. The molecule has 0 bridgehead atoms. The minimum absolute atomic E-state index is 0.0284. The number of nitrogens with one attached hydrogen (secondary N) is 2. The van der Waals surface area contributed by atoms with Gasteiger partial charge in [0.05, 0.1) is 23.6 Å². The lowest BCUT2D eigenvalue weighted by atomic mass is 9.91. The Labute approximate surface area is 659 Å². The molecule has 0 atom stereocenters. The molecule has 6 aromatic heterocycles. The summed E-state index contributed by atoms with van der Waals surface area (Å²) >= 11 is 3.44. The van der Waals surface area contributed by atoms with Crippen LogP contribution in [0.25, 0.3) is 0 Å². The molecule has 6 heterocycles. The van der Waals surface area contributed by atoms with Gasteiger partial charge in [0.25, 0.3) is 0 Å². The Balaban J connectivity index is 0. The summed E-state index contributed by atoms with van der Waals surface area (Å²) in [6.07, 6.45) is 19.2. The van der Waals surface area contributed by atoms with Crippen LogP contribution in [0.4, 0.5) is 21.9 Å². The molecule has 582 valence electrons. The topological polar surface area (TPSA) is 168 Å². The summed E-state index contributed by atoms with van der Waals surface area (Å²) in [4.78, 5) is 44.9. The first-order valence-corrected chi connectivity index (χ1v) is 38.8. The molecular weight excluding hydrogens is 1370 g/mol. The number of anilines is 3. The molecule has 13 nitrogen and oxygen atoms in total. The number of phenolic OH excluding ortho intramolecular Hbond substituents is 1. The molecule has 1 fully saturated rings. The van der Waals surface area contributed by atoms with Crippen molar-refractivity contribution in [1.29, 1.82) is 0 Å². The molecule has 2 amide bonds. The third-order valence-corrected chi connectivity index (χ3v) is 15.7. The molecule has 108 heavy (non-hydrogen) atoms. The highest BCUT2D eigenvalue weighted by Gasteiger charge is 2.06. The van der Waals surface area contributed by atoms with Crippen molar-refractivity contribution < 1.29 is 23.8 Å². The zero-order chi connectivity index (χ0) is 81.1. The van der Waals surface area contributed by atoms with Crippen molar-refractivity contribution >= 4 is 51.7 Å². The number of carbonyl (C=O) groups excluding carboxylic acids is 2. The van der Waals surface area contributed by atoms with Crippen LogP contribution in [0.15, 0.2) is 265 Å². The highest BCUT2D eigenvalue weighted by atomic mass is 32.1. The fourth-order valence-electron chi connectivity index (χ4n) is 8.33. The third-order valence-electron chi connectivity index (χ3n) is 14.2. The number of aromatic hydroxyl groups is 1. The van der Waals surface area contributed by atoms with Gasteiger partial charge < -0.3 is 24.5 Å². The number of benzene rings is 6. The average Bonchev–Trinajstić information content (AvgIpc) is 1.08. The van der Waals surface area contributed by atoms with E-state index in [1.165, 1.54) is 77.4 Å². The second-order valence-electron chi connectivity index (χ2n) is 24.5. The molecule has 6 aromatic carbocycles. The number of carbonyl (C=O) groups is 2. The molecule has 1 aliphatic rings. The fourth-order valence-corrected chi connectivity index (χ4v) is 9.30. The molecule has 1 aliphatic carbocycles. The Morgan fingerprint density at radius 2 is 1.01 bits per heavy atom. The van der Waals surface area contributed by atoms with Gasteiger partial charge in [-0.1, -0.05) is 229 Å². The summed E-state index contributed by atoms with van der Waals surface area (Å²) in [5.74, 6) is 2.34. The number of hydrogen-bond acceptors (Lipinski definition) is 13. The second-order valence-corrected chi connectivity index (χ2v) is 26.8. The molecule has 15 heteroatoms. The first kappa shape index (κ1) is 99.7. The lowest BCUT2D eigenvalue weighted by molar-refractivity contribution is -0.114. The van der Waals surface area contributed by atoms with Crippen LogP contribution in [-0.2, 0) is 9.53 Å². The Bertz CT molecular complexity index is 3760. The van der Waals surface area contributed by atoms with Crippen LogP contribution in [0.5, 0.6) is 5.75 Å². The van der Waals surface area contributed by atoms with Gasteiger partial charge in [-0.3, -0.25) is 35.0 Å². The molecule has 0 aliphatic heterocycles. The van der Waals surface area contributed by atoms with Crippen molar-refractivity contribution in [3.63, 3.8) is 0 Å². The number of nitrogens with zero attached hydrogens (tertiary/aromatic N) is 6. The fraction of sp³-hybridized carbons (Fsp3) is 0.323. The molecule has 0 saturated heterocycles. The number of ether oxygens (including phenoxy) is 1. The Morgan fingerprint density at radius 1 is 0.481 bits per heavy atom. The maximum atomic E-state index is 11.0. The lowest BCUT2D eigenvalue weighted by Gasteiger charge is -2.15. The zero-order valence-electron chi connectivity index (χ0n) is 69.2. The monoisotopic (exact) mass is 1500 g/mol. The Kier molecular flexibility index (Phi) is 61.0. The van der Waals surface area contributed by atoms with Crippen LogP contribution in [0, 0.1) is 103 Å². The first-order chi connectivity index (χ1) is 51.8. The van der Waals surface area contributed by atoms with Crippen molar-refractivity contribution in [2.24, 2.45) is 5.92 Å². The van der Waals surface area contributed by atoms with E-state index in [9.17, 15) is 9.59 Å². The van der Waals surface area contributed by atoms with Gasteiger partial charge in [0.1, 0.15) is 11.5 Å². The Hall–Kier alpha value is -10.4. The predicted molar refractivity (Wildman–Crippen MR) is 467 cm³/mol. The highest BCUT2D eigenvalue weighted by molar-refractivity contribution is 7.09. The van der Waals surface area contributed by atoms with Crippen LogP contribution in [0.2, 0.25) is 0 Å². The van der Waals surface area contributed by atoms with E-state index in [0.29, 0.717) is 12.4 Å². The van der Waals surface area contributed by atoms with Crippen LogP contribution < -0.4 is 15.5 Å². The van der Waals surface area contributed by atoms with E-state index in [2.05, 4.69) is 166 Å². The van der Waals surface area contributed by atoms with Crippen LogP contribution in [0.3, 0.4) is 0 Å². The minimum atomic E-state index is -0.406. The summed E-state index contributed by atoms with van der Waals surface area (Å²) in [6, 6.07) is 67.6. The van der Waals surface area contributed by atoms with Gasteiger partial charge >= 0.3 is 6.09 Å². The minimum Gasteiger partial charge on any atom is -0.508 e. The van der Waals surface area contributed by atoms with Gasteiger partial charge in [0.2, 0.25) is 5.91 Å². The number of aryl methyl sites for hydroxylation is 14. The molecule has 12 aromatic rings. The second kappa shape index (κ2) is 66.1. The summed E-state index contributed by atoms with van der Waals surface area (Å²) in [7, 11) is 4.09. The zero-order valence-corrected chi connectivity index (χ0v) is 70.9. The quantitative estimate of drug-likeness (QED) is 0.153. The van der Waals surface area contributed by atoms with Crippen LogP contribution >= 0.6 is 22.7 Å². The van der Waals surface area contributed by atoms with Crippen molar-refractivity contribution in [2.75, 3.05) is 36.2 Å². The van der Waals surface area contributed by atoms with Crippen molar-refractivity contribution in [3.05, 3.63) is 338 Å². The van der Waals surface area contributed by atoms with E-state index >= 15 is 0 Å². The third kappa shape index (κ3) is 58.9. The summed E-state index contributed by atoms with van der Waals surface area (Å²) < 4.78 is 9.58. The molecular formula is C93H128N8O5S2. The van der Waals surface area contributed by atoms with E-state index in [1.807, 2.05) is 237 Å². The first-order valence-electron chi connectivity index (χ1n) is 37.0. The molecule has 13 rings (SSSR count). The summed E-state index contributed by atoms with van der Waals surface area (Å²) in [5.41, 5.74) is 15.6. The normalized spacial score (nSPS) is 9.92. The number of pyridine rings is 2. The van der Waals surface area contributed by atoms with Gasteiger partial charge in [-0.05, 0) is 204 Å². The molecule has 0 unspecified atom stereocenters. The number of amides is 2. The van der Waals surface area contributed by atoms with Crippen LogP contribution in [-0.4, -0.2) is 62.7 Å². The van der Waals surface area contributed by atoms with E-state index in [4.69, 9.17) is 14.3 Å². The molecule has 1 saturated carbocycles. The predicted octanol–water partition coefficient (Wildman–Crippen LogP) is 26.2. The van der Waals surface area contributed by atoms with Gasteiger partial charge in [0.15, 0.2) is 0 Å². The number of thiophene rings is 1. The number of furan rings is 1. The average molecular weight is 1500 g/mol. The van der Waals surface area contributed by atoms with Gasteiger partial charge in [-0.2, -0.15) is 0 Å². The smallest absolute Gasteiger partial charge is 0.411 e. The number of thiazole rings is 1. The molecule has 0 spiro atoms. The number of rotatable bonds is 4. The summed E-state index contributed by atoms with van der Waals surface area (Å²) in [5, 5.41) is 19.5. The summed E-state index contributed by atoms with van der Waals surface area (Å²) in [6.45, 7) is 42.1. The van der Waals surface area contributed by atoms with E-state index in [-0.39, 0.29) is 5.91 Å². The van der Waals surface area contributed by atoms with Crippen LogP contribution in [0.1, 0.15) is 158 Å². The maximum absolute atomic E-state index is 11.0. The standard InChI is InChI=1S/C10H13NO2.C9H11NO.C9H13N.C8H10.C7H9N.C7H8O.C7H14.C7H8.C6H7N.C5H6N2.C5H6O.C5H6S.C4H5NS.2C2H6/c1-3-13-10(12)11-9-7-5-4-6-8(9)2;1-7-5-3-4-6-9(7)10-8(2)11;1-8-4-6-9(7-5-8)10(2)3;1-7-4-3-5-8(2)6-7;1-6-3-4-7(2)8-5-6;1-6-4-2-3-5-7(6)8;2*1-7-5-3-2-4-6-7;1-6-4-2-3-5-7-6;1-5-4-6-2-3-7-5;2*1-5-3-2-4-6-5;1-4-5-2-3-6-4;2*1-2/h4-7H,3H2,1-2H3,(H,11,12);3-6H,1-2H3,(H,10,11);4-7H,1-3H3;3-6H,1-2H3;3-5H,1-2H3;2-5,8H,1H3;7H,2-6H2,1H3;2-6H,1H3;2-5H,1H3;2-4H,1H3;2*2-4H,1H3;2-3H,1H3;2*1-2H3. The van der Waals surface area contributed by atoms with Gasteiger partial charge in [0, 0.05) is 96.9 Å².